The van der Waals surface area contributed by atoms with E-state index in [2.05, 4.69) is 10.1 Å². The number of alkyl halides is 1. The summed E-state index contributed by atoms with van der Waals surface area (Å²) in [5, 5.41) is 4.69. The number of aromatic nitrogens is 4. The first kappa shape index (κ1) is 10.3. The summed E-state index contributed by atoms with van der Waals surface area (Å²) in [7, 11) is 0. The summed E-state index contributed by atoms with van der Waals surface area (Å²) < 4.78 is 3.23. The summed E-state index contributed by atoms with van der Waals surface area (Å²) in [5.74, 6) is 0.406. The van der Waals surface area contributed by atoms with E-state index in [1.165, 1.54) is 0 Å². The van der Waals surface area contributed by atoms with Gasteiger partial charge in [-0.15, -0.1) is 11.6 Å². The van der Waals surface area contributed by atoms with E-state index in [1.54, 1.807) is 33.7 Å². The lowest BCUT2D eigenvalue weighted by molar-refractivity contribution is 0.738. The molecule has 86 valence electrons. The van der Waals surface area contributed by atoms with Gasteiger partial charge in [0.2, 0.25) is 0 Å². The van der Waals surface area contributed by atoms with Crippen molar-refractivity contribution in [1.29, 1.82) is 0 Å². The Hall–Kier alpha value is -1.88. The molecule has 0 spiro atoms. The minimum Gasteiger partial charge on any atom is -0.314 e. The van der Waals surface area contributed by atoms with Crippen molar-refractivity contribution in [2.75, 3.05) is 5.88 Å². The molecule has 0 aliphatic heterocycles. The normalized spacial score (nSPS) is 11.4. The quantitative estimate of drug-likeness (QED) is 0.642. The molecular weight excluding hydrogens is 240 g/mol. The Morgan fingerprint density at radius 2 is 2.24 bits per heavy atom. The zero-order valence-corrected chi connectivity index (χ0v) is 9.63. The summed E-state index contributed by atoms with van der Waals surface area (Å²) in [6.07, 6.45) is 4.97. The first-order chi connectivity index (χ1) is 8.31. The van der Waals surface area contributed by atoms with Crippen LogP contribution >= 0.6 is 11.6 Å². The number of aryl methyl sites for hydroxylation is 1. The predicted octanol–water partition coefficient (Wildman–Crippen LogP) is 1.28. The van der Waals surface area contributed by atoms with Crippen molar-refractivity contribution in [2.24, 2.45) is 0 Å². The third kappa shape index (κ3) is 1.51. The summed E-state index contributed by atoms with van der Waals surface area (Å²) in [4.78, 5) is 16.3. The molecule has 0 N–H and O–H groups in total. The third-order valence-corrected chi connectivity index (χ3v) is 2.85. The van der Waals surface area contributed by atoms with Gasteiger partial charge < -0.3 is 4.57 Å². The maximum absolute atomic E-state index is 12.1. The lowest BCUT2D eigenvalue weighted by atomic mass is 10.3. The van der Waals surface area contributed by atoms with Gasteiger partial charge in [-0.3, -0.25) is 4.79 Å². The van der Waals surface area contributed by atoms with Crippen LogP contribution in [0.3, 0.4) is 0 Å². The summed E-state index contributed by atoms with van der Waals surface area (Å²) in [6, 6.07) is 3.65. The molecular formula is C11H9ClN4O. The number of nitrogens with zero attached hydrogens (tertiary/aromatic N) is 4. The third-order valence-electron chi connectivity index (χ3n) is 2.68. The molecule has 0 amide bonds. The average molecular weight is 249 g/mol. The lowest BCUT2D eigenvalue weighted by Crippen LogP contribution is -2.21. The number of fused-ring (bicyclic) bond motifs is 3. The van der Waals surface area contributed by atoms with Gasteiger partial charge in [0.15, 0.2) is 5.65 Å². The van der Waals surface area contributed by atoms with Crippen LogP contribution in [0, 0.1) is 0 Å². The first-order valence-electron chi connectivity index (χ1n) is 5.19. The monoisotopic (exact) mass is 248 g/mol. The van der Waals surface area contributed by atoms with Gasteiger partial charge in [-0.25, -0.2) is 9.50 Å². The topological polar surface area (TPSA) is 52.2 Å². The van der Waals surface area contributed by atoms with Gasteiger partial charge in [-0.1, -0.05) is 0 Å². The van der Waals surface area contributed by atoms with Crippen molar-refractivity contribution >= 4 is 28.2 Å². The van der Waals surface area contributed by atoms with Gasteiger partial charge in [-0.05, 0) is 6.07 Å². The highest BCUT2D eigenvalue weighted by molar-refractivity contribution is 6.17. The zero-order valence-electron chi connectivity index (χ0n) is 8.88. The van der Waals surface area contributed by atoms with E-state index in [0.717, 1.165) is 11.2 Å². The smallest absolute Gasteiger partial charge is 0.261 e. The molecule has 0 saturated heterocycles. The number of hydrogen-bond donors (Lipinski definition) is 0. The Labute approximate surface area is 101 Å². The van der Waals surface area contributed by atoms with Gasteiger partial charge >= 0.3 is 0 Å². The molecule has 0 bridgehead atoms. The fourth-order valence-electron chi connectivity index (χ4n) is 1.87. The van der Waals surface area contributed by atoms with Crippen LogP contribution in [0.25, 0.3) is 16.6 Å². The highest BCUT2D eigenvalue weighted by atomic mass is 35.5. The van der Waals surface area contributed by atoms with Crippen LogP contribution in [-0.4, -0.2) is 25.0 Å². The van der Waals surface area contributed by atoms with Gasteiger partial charge in [0, 0.05) is 30.9 Å². The Bertz CT molecular complexity index is 746. The second-order valence-electron chi connectivity index (χ2n) is 3.66. The molecule has 0 aliphatic carbocycles. The first-order valence-corrected chi connectivity index (χ1v) is 5.72. The maximum atomic E-state index is 12.1. The van der Waals surface area contributed by atoms with Crippen LogP contribution in [0.15, 0.2) is 35.5 Å². The van der Waals surface area contributed by atoms with Crippen LogP contribution < -0.4 is 5.56 Å². The molecule has 6 heteroatoms. The van der Waals surface area contributed by atoms with Crippen molar-refractivity contribution < 1.29 is 0 Å². The van der Waals surface area contributed by atoms with E-state index < -0.39 is 0 Å². The molecule has 0 atom stereocenters. The molecule has 0 unspecified atom stereocenters. The van der Waals surface area contributed by atoms with Crippen LogP contribution in [0.2, 0.25) is 0 Å². The minimum atomic E-state index is -0.0898. The van der Waals surface area contributed by atoms with E-state index >= 15 is 0 Å². The van der Waals surface area contributed by atoms with Gasteiger partial charge in [0.1, 0.15) is 0 Å². The molecule has 17 heavy (non-hydrogen) atoms. The Kier molecular flexibility index (Phi) is 2.33. The molecule has 3 rings (SSSR count). The highest BCUT2D eigenvalue weighted by Crippen LogP contribution is 2.10. The summed E-state index contributed by atoms with van der Waals surface area (Å²) in [6.45, 7) is 0.494. The van der Waals surface area contributed by atoms with Crippen molar-refractivity contribution in [3.63, 3.8) is 0 Å². The van der Waals surface area contributed by atoms with Crippen molar-refractivity contribution in [3.8, 4) is 0 Å². The van der Waals surface area contributed by atoms with E-state index in [1.807, 2.05) is 6.07 Å². The molecule has 3 aromatic heterocycles. The Morgan fingerprint density at radius 1 is 1.35 bits per heavy atom. The van der Waals surface area contributed by atoms with Gasteiger partial charge in [0.05, 0.1) is 17.1 Å². The molecule has 5 nitrogen and oxygen atoms in total. The van der Waals surface area contributed by atoms with E-state index in [-0.39, 0.29) is 5.56 Å². The summed E-state index contributed by atoms with van der Waals surface area (Å²) in [5.41, 5.74) is 1.40. The minimum absolute atomic E-state index is 0.0898. The van der Waals surface area contributed by atoms with Crippen molar-refractivity contribution in [2.45, 2.75) is 6.54 Å². The second kappa shape index (κ2) is 3.85. The highest BCUT2D eigenvalue weighted by Gasteiger charge is 2.06. The van der Waals surface area contributed by atoms with Crippen LogP contribution in [0.5, 0.6) is 0 Å². The SMILES string of the molecule is O=c1c2cnc3ccnn3c2ccn1CCCl. The van der Waals surface area contributed by atoms with Crippen LogP contribution in [0.4, 0.5) is 0 Å². The predicted molar refractivity (Wildman–Crippen MR) is 65.5 cm³/mol. The fraction of sp³-hybridized carbons (Fsp3) is 0.182. The lowest BCUT2D eigenvalue weighted by Gasteiger charge is -2.05. The number of pyridine rings is 1. The van der Waals surface area contributed by atoms with Crippen LogP contribution in [-0.2, 0) is 6.54 Å². The zero-order chi connectivity index (χ0) is 11.8. The van der Waals surface area contributed by atoms with Crippen molar-refractivity contribution in [3.05, 3.63) is 41.1 Å². The molecule has 0 radical (unpaired) electrons. The molecule has 0 aromatic carbocycles. The van der Waals surface area contributed by atoms with Gasteiger partial charge in [-0.2, -0.15) is 5.10 Å². The fourth-order valence-corrected chi connectivity index (χ4v) is 2.05. The number of rotatable bonds is 2. The van der Waals surface area contributed by atoms with E-state index in [4.69, 9.17) is 11.6 Å². The van der Waals surface area contributed by atoms with E-state index in [9.17, 15) is 4.79 Å². The molecule has 0 aliphatic rings. The van der Waals surface area contributed by atoms with E-state index in [0.29, 0.717) is 17.8 Å². The second-order valence-corrected chi connectivity index (χ2v) is 4.04. The largest absolute Gasteiger partial charge is 0.314 e. The molecule has 3 aromatic rings. The van der Waals surface area contributed by atoms with Crippen molar-refractivity contribution in [1.82, 2.24) is 19.2 Å². The Morgan fingerprint density at radius 3 is 3.06 bits per heavy atom. The Balaban J connectivity index is 2.40. The average Bonchev–Trinajstić information content (AvgIpc) is 2.81. The number of halogens is 1. The molecule has 3 heterocycles. The van der Waals surface area contributed by atoms with Gasteiger partial charge in [0.25, 0.3) is 5.56 Å². The standard InChI is InChI=1S/C11H9ClN4O/c12-3-6-15-5-2-9-8(11(15)17)7-13-10-1-4-14-16(9)10/h1-2,4-5,7H,3,6H2. The van der Waals surface area contributed by atoms with Crippen LogP contribution in [0.1, 0.15) is 0 Å². The molecule has 0 saturated carbocycles. The summed E-state index contributed by atoms with van der Waals surface area (Å²) >= 11 is 5.64. The molecule has 0 fully saturated rings. The maximum Gasteiger partial charge on any atom is 0.261 e. The number of hydrogen-bond acceptors (Lipinski definition) is 3.